The second-order valence-electron chi connectivity index (χ2n) is 7.70. The zero-order valence-electron chi connectivity index (χ0n) is 16.8. The van der Waals surface area contributed by atoms with Crippen molar-refractivity contribution < 1.29 is 19.1 Å². The molecule has 2 heterocycles. The van der Waals surface area contributed by atoms with E-state index < -0.39 is 0 Å². The standard InChI is InChI=1S/C23H24N2O4/c1-4-14(3)25-22(27)16-7-6-15(12-17(16)23(25)28)21(26)24-19-9-10-29-20-8-5-13(2)11-18(19)20/h5-8,11-12,14,19H,4,9-10H2,1-3H3,(H,24,26). The molecule has 0 spiro atoms. The number of nitrogens with one attached hydrogen (secondary N) is 1. The fourth-order valence-electron chi connectivity index (χ4n) is 3.89. The van der Waals surface area contributed by atoms with E-state index in [1.165, 1.54) is 11.0 Å². The predicted molar refractivity (Wildman–Crippen MR) is 108 cm³/mol. The summed E-state index contributed by atoms with van der Waals surface area (Å²) in [7, 11) is 0. The van der Waals surface area contributed by atoms with Crippen LogP contribution in [0.25, 0.3) is 0 Å². The van der Waals surface area contributed by atoms with E-state index in [9.17, 15) is 14.4 Å². The van der Waals surface area contributed by atoms with Gasteiger partial charge in [0.15, 0.2) is 0 Å². The number of benzene rings is 2. The van der Waals surface area contributed by atoms with Crippen LogP contribution in [-0.2, 0) is 0 Å². The van der Waals surface area contributed by atoms with E-state index in [1.54, 1.807) is 12.1 Å². The molecule has 6 heteroatoms. The molecule has 2 aromatic rings. The zero-order valence-corrected chi connectivity index (χ0v) is 16.8. The molecule has 2 atom stereocenters. The number of imide groups is 1. The molecule has 1 N–H and O–H groups in total. The third kappa shape index (κ3) is 3.28. The molecule has 2 aliphatic heterocycles. The highest BCUT2D eigenvalue weighted by molar-refractivity contribution is 6.22. The number of hydrogen-bond donors (Lipinski definition) is 1. The second kappa shape index (κ2) is 7.35. The number of carbonyl (C=O) groups is 3. The van der Waals surface area contributed by atoms with E-state index >= 15 is 0 Å². The van der Waals surface area contributed by atoms with Gasteiger partial charge in [0.2, 0.25) is 0 Å². The monoisotopic (exact) mass is 392 g/mol. The molecule has 0 saturated carbocycles. The maximum atomic E-state index is 12.9. The van der Waals surface area contributed by atoms with Crippen molar-refractivity contribution in [1.29, 1.82) is 0 Å². The Balaban J connectivity index is 1.58. The number of amides is 3. The van der Waals surface area contributed by atoms with Crippen LogP contribution in [0.2, 0.25) is 0 Å². The summed E-state index contributed by atoms with van der Waals surface area (Å²) in [6.45, 7) is 6.31. The van der Waals surface area contributed by atoms with Gasteiger partial charge in [0.1, 0.15) is 5.75 Å². The molecule has 0 saturated heterocycles. The van der Waals surface area contributed by atoms with Gasteiger partial charge in [-0.1, -0.05) is 24.6 Å². The summed E-state index contributed by atoms with van der Waals surface area (Å²) in [5.41, 5.74) is 3.09. The summed E-state index contributed by atoms with van der Waals surface area (Å²) in [4.78, 5) is 39.5. The lowest BCUT2D eigenvalue weighted by molar-refractivity contribution is 0.0593. The van der Waals surface area contributed by atoms with Gasteiger partial charge in [0, 0.05) is 23.6 Å². The van der Waals surface area contributed by atoms with E-state index in [2.05, 4.69) is 5.32 Å². The van der Waals surface area contributed by atoms with Gasteiger partial charge in [0.05, 0.1) is 23.8 Å². The molecule has 0 aliphatic carbocycles. The predicted octanol–water partition coefficient (Wildman–Crippen LogP) is 3.64. The minimum absolute atomic E-state index is 0.159. The minimum Gasteiger partial charge on any atom is -0.493 e. The molecular weight excluding hydrogens is 368 g/mol. The maximum absolute atomic E-state index is 12.9. The van der Waals surface area contributed by atoms with Gasteiger partial charge in [-0.3, -0.25) is 19.3 Å². The Morgan fingerprint density at radius 3 is 2.69 bits per heavy atom. The Bertz CT molecular complexity index is 1010. The first kappa shape index (κ1) is 19.2. The average Bonchev–Trinajstić information content (AvgIpc) is 2.97. The summed E-state index contributed by atoms with van der Waals surface area (Å²) < 4.78 is 5.69. The van der Waals surface area contributed by atoms with Crippen LogP contribution in [0, 0.1) is 6.92 Å². The van der Waals surface area contributed by atoms with E-state index in [1.807, 2.05) is 39.0 Å². The molecule has 2 aliphatic rings. The van der Waals surface area contributed by atoms with Crippen LogP contribution < -0.4 is 10.1 Å². The molecule has 2 aromatic carbocycles. The molecule has 0 fully saturated rings. The van der Waals surface area contributed by atoms with Gasteiger partial charge < -0.3 is 10.1 Å². The van der Waals surface area contributed by atoms with Gasteiger partial charge >= 0.3 is 0 Å². The molecule has 3 amide bonds. The number of fused-ring (bicyclic) bond motifs is 2. The van der Waals surface area contributed by atoms with Crippen molar-refractivity contribution >= 4 is 17.7 Å². The molecular formula is C23H24N2O4. The summed E-state index contributed by atoms with van der Waals surface area (Å²) in [5.74, 6) is -0.110. The molecule has 0 aromatic heterocycles. The second-order valence-corrected chi connectivity index (χ2v) is 7.70. The van der Waals surface area contributed by atoms with Gasteiger partial charge in [-0.25, -0.2) is 0 Å². The first-order valence-corrected chi connectivity index (χ1v) is 9.96. The summed E-state index contributed by atoms with van der Waals surface area (Å²) in [6, 6.07) is 10.3. The fourth-order valence-corrected chi connectivity index (χ4v) is 3.89. The van der Waals surface area contributed by atoms with Crippen LogP contribution in [0.15, 0.2) is 36.4 Å². The molecule has 4 rings (SSSR count). The van der Waals surface area contributed by atoms with Crippen molar-refractivity contribution in [2.45, 2.75) is 45.7 Å². The Hall–Kier alpha value is -3.15. The lowest BCUT2D eigenvalue weighted by atomic mass is 9.98. The summed E-state index contributed by atoms with van der Waals surface area (Å²) >= 11 is 0. The number of aryl methyl sites for hydroxylation is 1. The number of carbonyl (C=O) groups excluding carboxylic acids is 3. The van der Waals surface area contributed by atoms with Gasteiger partial charge in [-0.05, 0) is 44.5 Å². The van der Waals surface area contributed by atoms with Gasteiger partial charge in [0.25, 0.3) is 17.7 Å². The number of nitrogens with zero attached hydrogens (tertiary/aromatic N) is 1. The van der Waals surface area contributed by atoms with Crippen LogP contribution in [0.3, 0.4) is 0 Å². The Morgan fingerprint density at radius 2 is 1.93 bits per heavy atom. The molecule has 0 radical (unpaired) electrons. The third-order valence-corrected chi connectivity index (χ3v) is 5.72. The highest BCUT2D eigenvalue weighted by atomic mass is 16.5. The van der Waals surface area contributed by atoms with Crippen molar-refractivity contribution in [1.82, 2.24) is 10.2 Å². The fraction of sp³-hybridized carbons (Fsp3) is 0.348. The lowest BCUT2D eigenvalue weighted by Crippen LogP contribution is -2.37. The Kier molecular flexibility index (Phi) is 4.86. The highest BCUT2D eigenvalue weighted by Gasteiger charge is 2.38. The first-order valence-electron chi connectivity index (χ1n) is 9.96. The Labute approximate surface area is 169 Å². The van der Waals surface area contributed by atoms with Crippen LogP contribution in [-0.4, -0.2) is 35.3 Å². The van der Waals surface area contributed by atoms with E-state index in [0.29, 0.717) is 36.1 Å². The minimum atomic E-state index is -0.332. The molecule has 29 heavy (non-hydrogen) atoms. The SMILES string of the molecule is CCC(C)N1C(=O)c2ccc(C(=O)NC3CCOc4ccc(C)cc43)cc2C1=O. The van der Waals surface area contributed by atoms with E-state index in [4.69, 9.17) is 4.74 Å². The molecule has 150 valence electrons. The van der Waals surface area contributed by atoms with Crippen LogP contribution in [0.1, 0.15) is 74.9 Å². The average molecular weight is 392 g/mol. The zero-order chi connectivity index (χ0) is 20.7. The highest BCUT2D eigenvalue weighted by Crippen LogP contribution is 2.33. The van der Waals surface area contributed by atoms with E-state index in [0.717, 1.165) is 16.9 Å². The van der Waals surface area contributed by atoms with Crippen LogP contribution in [0.4, 0.5) is 0 Å². The van der Waals surface area contributed by atoms with Crippen molar-refractivity contribution in [2.24, 2.45) is 0 Å². The number of rotatable bonds is 4. The molecule has 6 nitrogen and oxygen atoms in total. The van der Waals surface area contributed by atoms with Crippen LogP contribution >= 0.6 is 0 Å². The third-order valence-electron chi connectivity index (χ3n) is 5.72. The van der Waals surface area contributed by atoms with Gasteiger partial charge in [-0.15, -0.1) is 0 Å². The van der Waals surface area contributed by atoms with Crippen molar-refractivity contribution in [2.75, 3.05) is 6.61 Å². The number of ether oxygens (including phenoxy) is 1. The summed E-state index contributed by atoms with van der Waals surface area (Å²) in [5, 5.41) is 3.05. The van der Waals surface area contributed by atoms with Crippen molar-refractivity contribution in [3.63, 3.8) is 0 Å². The van der Waals surface area contributed by atoms with Gasteiger partial charge in [-0.2, -0.15) is 0 Å². The van der Waals surface area contributed by atoms with E-state index in [-0.39, 0.29) is 29.8 Å². The largest absolute Gasteiger partial charge is 0.493 e. The smallest absolute Gasteiger partial charge is 0.261 e. The summed E-state index contributed by atoms with van der Waals surface area (Å²) in [6.07, 6.45) is 1.35. The quantitative estimate of drug-likeness (QED) is 0.806. The first-order chi connectivity index (χ1) is 13.9. The maximum Gasteiger partial charge on any atom is 0.261 e. The lowest BCUT2D eigenvalue weighted by Gasteiger charge is -2.27. The normalized spacial score (nSPS) is 18.7. The Morgan fingerprint density at radius 1 is 1.17 bits per heavy atom. The van der Waals surface area contributed by atoms with Crippen LogP contribution in [0.5, 0.6) is 5.75 Å². The topological polar surface area (TPSA) is 75.7 Å². The van der Waals surface area contributed by atoms with Crippen molar-refractivity contribution in [3.05, 3.63) is 64.2 Å². The molecule has 0 bridgehead atoms. The molecule has 2 unspecified atom stereocenters. The van der Waals surface area contributed by atoms with Crippen molar-refractivity contribution in [3.8, 4) is 5.75 Å². The number of hydrogen-bond acceptors (Lipinski definition) is 4.